The van der Waals surface area contributed by atoms with E-state index < -0.39 is 20.8 Å². The van der Waals surface area contributed by atoms with Crippen LogP contribution in [0.2, 0.25) is 0 Å². The molecule has 0 aliphatic carbocycles. The normalized spacial score (nSPS) is 11.4. The van der Waals surface area contributed by atoms with E-state index >= 15 is 0 Å². The summed E-state index contributed by atoms with van der Waals surface area (Å²) in [7, 11) is 1.12. The van der Waals surface area contributed by atoms with Gasteiger partial charge in [0, 0.05) is 23.8 Å². The van der Waals surface area contributed by atoms with Crippen molar-refractivity contribution < 1.29 is 17.6 Å². The fourth-order valence-corrected chi connectivity index (χ4v) is 2.43. The molecule has 1 rings (SSSR count). The van der Waals surface area contributed by atoms with Crippen molar-refractivity contribution in [2.45, 2.75) is 25.2 Å². The van der Waals surface area contributed by atoms with Crippen molar-refractivity contribution in [3.05, 3.63) is 29.6 Å². The minimum Gasteiger partial charge on any atom is -0.339 e. The number of amides is 1. The average Bonchev–Trinajstić information content (AvgIpc) is 2.34. The van der Waals surface area contributed by atoms with Crippen molar-refractivity contribution in [3.63, 3.8) is 0 Å². The van der Waals surface area contributed by atoms with Crippen LogP contribution >= 0.6 is 10.7 Å². The minimum atomic E-state index is -4.00. The molecule has 0 fully saturated rings. The molecule has 0 aliphatic heterocycles. The van der Waals surface area contributed by atoms with Crippen LogP contribution in [0.1, 0.15) is 30.6 Å². The molecule has 0 spiro atoms. The van der Waals surface area contributed by atoms with Gasteiger partial charge in [-0.3, -0.25) is 4.79 Å². The second kappa shape index (κ2) is 6.34. The highest BCUT2D eigenvalue weighted by molar-refractivity contribution is 8.13. The molecule has 4 nitrogen and oxygen atoms in total. The summed E-state index contributed by atoms with van der Waals surface area (Å²) in [5, 5.41) is 0. The first-order valence-electron chi connectivity index (χ1n) is 5.84. The molecule has 0 radical (unpaired) electrons. The van der Waals surface area contributed by atoms with E-state index in [9.17, 15) is 17.6 Å². The number of hydrogen-bond acceptors (Lipinski definition) is 3. The van der Waals surface area contributed by atoms with Crippen LogP contribution in [0.15, 0.2) is 23.1 Å². The fourth-order valence-electron chi connectivity index (χ4n) is 1.66. The van der Waals surface area contributed by atoms with Gasteiger partial charge in [-0.05, 0) is 31.5 Å². The highest BCUT2D eigenvalue weighted by Gasteiger charge is 2.20. The summed E-state index contributed by atoms with van der Waals surface area (Å²) in [6.45, 7) is 4.69. The Morgan fingerprint density at radius 1 is 1.37 bits per heavy atom. The van der Waals surface area contributed by atoms with Crippen LogP contribution in [0.4, 0.5) is 4.39 Å². The van der Waals surface area contributed by atoms with Gasteiger partial charge in [0.15, 0.2) is 0 Å². The maximum atomic E-state index is 13.8. The Morgan fingerprint density at radius 3 is 2.42 bits per heavy atom. The predicted molar refractivity (Wildman–Crippen MR) is 71.3 cm³/mol. The van der Waals surface area contributed by atoms with Gasteiger partial charge in [0.1, 0.15) is 5.82 Å². The highest BCUT2D eigenvalue weighted by Crippen LogP contribution is 2.19. The van der Waals surface area contributed by atoms with Crippen LogP contribution in [-0.2, 0) is 9.05 Å². The Morgan fingerprint density at radius 2 is 2.00 bits per heavy atom. The number of hydrogen-bond donors (Lipinski definition) is 0. The van der Waals surface area contributed by atoms with Gasteiger partial charge in [0.05, 0.1) is 10.5 Å². The molecule has 19 heavy (non-hydrogen) atoms. The number of benzene rings is 1. The Balaban J connectivity index is 3.12. The lowest BCUT2D eigenvalue weighted by molar-refractivity contribution is 0.0759. The molecule has 0 saturated carbocycles. The molecule has 0 atom stereocenters. The summed E-state index contributed by atoms with van der Waals surface area (Å²) >= 11 is 0. The molecule has 0 heterocycles. The third-order valence-electron chi connectivity index (χ3n) is 2.61. The summed E-state index contributed by atoms with van der Waals surface area (Å²) in [5.74, 6) is -1.35. The van der Waals surface area contributed by atoms with Crippen LogP contribution < -0.4 is 0 Å². The van der Waals surface area contributed by atoms with Gasteiger partial charge in [-0.15, -0.1) is 0 Å². The average molecular weight is 308 g/mol. The summed E-state index contributed by atoms with van der Waals surface area (Å²) < 4.78 is 35.9. The van der Waals surface area contributed by atoms with Crippen molar-refractivity contribution in [2.24, 2.45) is 0 Å². The Hall–Kier alpha value is -1.14. The number of halogens is 2. The Bertz CT molecular complexity index is 574. The molecule has 7 heteroatoms. The molecule has 0 bridgehead atoms. The molecule has 0 N–H and O–H groups in total. The van der Waals surface area contributed by atoms with Crippen molar-refractivity contribution in [2.75, 3.05) is 13.1 Å². The lowest BCUT2D eigenvalue weighted by Gasteiger charge is -2.20. The van der Waals surface area contributed by atoms with Gasteiger partial charge < -0.3 is 4.90 Å². The molecular formula is C12H15ClFNO3S. The SMILES string of the molecule is CCCN(CC)C(=O)c1ccc(S(=O)(=O)Cl)cc1F. The van der Waals surface area contributed by atoms with Crippen LogP contribution in [0, 0.1) is 5.82 Å². The van der Waals surface area contributed by atoms with Crippen molar-refractivity contribution >= 4 is 25.6 Å². The van der Waals surface area contributed by atoms with Crippen molar-refractivity contribution in [1.82, 2.24) is 4.90 Å². The molecule has 0 aromatic heterocycles. The second-order valence-corrected chi connectivity index (χ2v) is 6.53. The van der Waals surface area contributed by atoms with Crippen LogP contribution in [0.25, 0.3) is 0 Å². The Kier molecular flexibility index (Phi) is 5.31. The molecule has 1 aromatic rings. The number of nitrogens with zero attached hydrogens (tertiary/aromatic N) is 1. The van der Waals surface area contributed by atoms with Crippen LogP contribution in [-0.4, -0.2) is 32.3 Å². The molecule has 0 unspecified atom stereocenters. The maximum absolute atomic E-state index is 13.8. The second-order valence-electron chi connectivity index (χ2n) is 3.96. The van der Waals surface area contributed by atoms with Gasteiger partial charge in [0.2, 0.25) is 0 Å². The minimum absolute atomic E-state index is 0.153. The summed E-state index contributed by atoms with van der Waals surface area (Å²) in [4.78, 5) is 13.2. The molecule has 0 saturated heterocycles. The third kappa shape index (κ3) is 3.91. The van der Waals surface area contributed by atoms with E-state index in [1.54, 1.807) is 6.92 Å². The Labute approximate surface area is 116 Å². The number of carbonyl (C=O) groups excluding carboxylic acids is 1. The standard InChI is InChI=1S/C12H15ClFNO3S/c1-3-7-15(4-2)12(16)10-6-5-9(8-11(10)14)19(13,17)18/h5-6,8H,3-4,7H2,1-2H3. The first-order chi connectivity index (χ1) is 8.81. The summed E-state index contributed by atoms with van der Waals surface area (Å²) in [6.07, 6.45) is 0.759. The van der Waals surface area contributed by atoms with Gasteiger partial charge in [-0.2, -0.15) is 0 Å². The zero-order chi connectivity index (χ0) is 14.6. The zero-order valence-corrected chi connectivity index (χ0v) is 12.3. The van der Waals surface area contributed by atoms with Crippen molar-refractivity contribution in [3.8, 4) is 0 Å². The molecule has 1 aromatic carbocycles. The van der Waals surface area contributed by atoms with E-state index in [-0.39, 0.29) is 10.5 Å². The summed E-state index contributed by atoms with van der Waals surface area (Å²) in [5.41, 5.74) is -0.153. The van der Waals surface area contributed by atoms with E-state index in [4.69, 9.17) is 10.7 Å². The van der Waals surface area contributed by atoms with Gasteiger partial charge >= 0.3 is 0 Å². The lowest BCUT2D eigenvalue weighted by atomic mass is 10.2. The van der Waals surface area contributed by atoms with Gasteiger partial charge in [0.25, 0.3) is 15.0 Å². The van der Waals surface area contributed by atoms with E-state index in [2.05, 4.69) is 0 Å². The number of carbonyl (C=O) groups is 1. The van der Waals surface area contributed by atoms with Crippen LogP contribution in [0.5, 0.6) is 0 Å². The van der Waals surface area contributed by atoms with E-state index in [1.807, 2.05) is 6.92 Å². The molecule has 1 amide bonds. The third-order valence-corrected chi connectivity index (χ3v) is 3.97. The monoisotopic (exact) mass is 307 g/mol. The van der Waals surface area contributed by atoms with Gasteiger partial charge in [-0.1, -0.05) is 6.92 Å². The summed E-state index contributed by atoms with van der Waals surface area (Å²) in [6, 6.07) is 3.03. The smallest absolute Gasteiger partial charge is 0.261 e. The van der Waals surface area contributed by atoms with Crippen molar-refractivity contribution in [1.29, 1.82) is 0 Å². The quantitative estimate of drug-likeness (QED) is 0.786. The predicted octanol–water partition coefficient (Wildman–Crippen LogP) is 2.63. The topological polar surface area (TPSA) is 54.5 Å². The van der Waals surface area contributed by atoms with E-state index in [0.717, 1.165) is 24.6 Å². The first-order valence-corrected chi connectivity index (χ1v) is 8.15. The number of rotatable bonds is 5. The highest BCUT2D eigenvalue weighted by atomic mass is 35.7. The van der Waals surface area contributed by atoms with Gasteiger partial charge in [-0.25, -0.2) is 12.8 Å². The van der Waals surface area contributed by atoms with Crippen LogP contribution in [0.3, 0.4) is 0 Å². The first kappa shape index (κ1) is 15.9. The van der Waals surface area contributed by atoms with E-state index in [0.29, 0.717) is 13.1 Å². The van der Waals surface area contributed by atoms with E-state index in [1.165, 1.54) is 4.90 Å². The lowest BCUT2D eigenvalue weighted by Crippen LogP contribution is -2.32. The largest absolute Gasteiger partial charge is 0.339 e. The molecule has 0 aliphatic rings. The maximum Gasteiger partial charge on any atom is 0.261 e. The molecular weight excluding hydrogens is 293 g/mol. The zero-order valence-electron chi connectivity index (χ0n) is 10.7. The molecule has 106 valence electrons. The fraction of sp³-hybridized carbons (Fsp3) is 0.417.